The molecule has 0 radical (unpaired) electrons. The molecule has 3 heteroatoms. The van der Waals surface area contributed by atoms with E-state index in [1.54, 1.807) is 0 Å². The lowest BCUT2D eigenvalue weighted by molar-refractivity contribution is -0.185. The van der Waals surface area contributed by atoms with Gasteiger partial charge in [0.2, 0.25) is 5.91 Å². The van der Waals surface area contributed by atoms with Gasteiger partial charge in [0.05, 0.1) is 12.6 Å². The molecule has 1 spiro atoms. The molecular weight excluding hydrogens is 250 g/mol. The van der Waals surface area contributed by atoms with Crippen LogP contribution in [-0.2, 0) is 9.53 Å². The third-order valence-corrected chi connectivity index (χ3v) is 5.35. The zero-order valence-electron chi connectivity index (χ0n) is 11.8. The maximum atomic E-state index is 12.6. The molecule has 1 aromatic rings. The van der Waals surface area contributed by atoms with Crippen molar-refractivity contribution < 1.29 is 9.53 Å². The SMILES string of the molecule is O=C1CC[C@@H]2CCCC[C@@]23OC[C@@H](c2ccccc2)N13. The predicted octanol–water partition coefficient (Wildman–Crippen LogP) is 3.27. The highest BCUT2D eigenvalue weighted by molar-refractivity contribution is 5.79. The van der Waals surface area contributed by atoms with Crippen LogP contribution in [0.3, 0.4) is 0 Å². The van der Waals surface area contributed by atoms with E-state index in [9.17, 15) is 4.79 Å². The maximum absolute atomic E-state index is 12.6. The van der Waals surface area contributed by atoms with E-state index in [-0.39, 0.29) is 17.7 Å². The summed E-state index contributed by atoms with van der Waals surface area (Å²) in [5, 5.41) is 0. The molecule has 1 amide bonds. The van der Waals surface area contributed by atoms with E-state index in [0.29, 0.717) is 18.9 Å². The van der Waals surface area contributed by atoms with E-state index in [1.165, 1.54) is 24.8 Å². The summed E-state index contributed by atoms with van der Waals surface area (Å²) in [5.41, 5.74) is 0.928. The Labute approximate surface area is 119 Å². The lowest BCUT2D eigenvalue weighted by atomic mass is 9.74. The summed E-state index contributed by atoms with van der Waals surface area (Å²) in [6.07, 6.45) is 6.41. The Morgan fingerprint density at radius 2 is 2.00 bits per heavy atom. The summed E-state index contributed by atoms with van der Waals surface area (Å²) in [6, 6.07) is 10.5. The van der Waals surface area contributed by atoms with Gasteiger partial charge < -0.3 is 9.64 Å². The molecule has 2 heterocycles. The monoisotopic (exact) mass is 271 g/mol. The van der Waals surface area contributed by atoms with Crippen molar-refractivity contribution >= 4 is 5.91 Å². The number of piperidine rings is 1. The third-order valence-electron chi connectivity index (χ3n) is 5.35. The van der Waals surface area contributed by atoms with Gasteiger partial charge in [-0.3, -0.25) is 4.79 Å². The van der Waals surface area contributed by atoms with Crippen LogP contribution in [0.15, 0.2) is 30.3 Å². The molecule has 3 aliphatic rings. The molecule has 2 aliphatic heterocycles. The Hall–Kier alpha value is -1.35. The summed E-state index contributed by atoms with van der Waals surface area (Å²) in [7, 11) is 0. The van der Waals surface area contributed by atoms with Gasteiger partial charge >= 0.3 is 0 Å². The van der Waals surface area contributed by atoms with E-state index in [4.69, 9.17) is 4.74 Å². The number of hydrogen-bond acceptors (Lipinski definition) is 2. The maximum Gasteiger partial charge on any atom is 0.225 e. The van der Waals surface area contributed by atoms with Crippen molar-refractivity contribution in [2.75, 3.05) is 6.61 Å². The highest BCUT2D eigenvalue weighted by Crippen LogP contribution is 2.52. The van der Waals surface area contributed by atoms with Crippen LogP contribution in [0.5, 0.6) is 0 Å². The second kappa shape index (κ2) is 4.59. The van der Waals surface area contributed by atoms with Crippen LogP contribution in [-0.4, -0.2) is 23.1 Å². The van der Waals surface area contributed by atoms with E-state index in [1.807, 2.05) is 18.2 Å². The highest BCUT2D eigenvalue weighted by Gasteiger charge is 2.57. The Morgan fingerprint density at radius 1 is 1.15 bits per heavy atom. The Bertz CT molecular complexity index is 515. The standard InChI is InChI=1S/C17H21NO2/c19-16-10-9-14-8-4-5-11-17(14)18(16)15(12-20-17)13-6-2-1-3-7-13/h1-3,6-7,14-15H,4-5,8-12H2/t14-,15-,17+/m0/s1. The first-order valence-corrected chi connectivity index (χ1v) is 7.82. The smallest absolute Gasteiger partial charge is 0.225 e. The van der Waals surface area contributed by atoms with E-state index in [2.05, 4.69) is 17.0 Å². The Morgan fingerprint density at radius 3 is 2.85 bits per heavy atom. The van der Waals surface area contributed by atoms with Crippen molar-refractivity contribution in [3.63, 3.8) is 0 Å². The number of rotatable bonds is 1. The normalized spacial score (nSPS) is 36.6. The number of amides is 1. The molecule has 1 aromatic carbocycles. The minimum absolute atomic E-state index is 0.115. The van der Waals surface area contributed by atoms with Crippen LogP contribution >= 0.6 is 0 Å². The molecule has 1 aliphatic carbocycles. The first-order chi connectivity index (χ1) is 9.81. The molecule has 0 N–H and O–H groups in total. The van der Waals surface area contributed by atoms with Crippen molar-refractivity contribution in [2.24, 2.45) is 5.92 Å². The molecule has 3 nitrogen and oxygen atoms in total. The fourth-order valence-corrected chi connectivity index (χ4v) is 4.43. The average Bonchev–Trinajstić information content (AvgIpc) is 2.88. The molecule has 1 saturated carbocycles. The van der Waals surface area contributed by atoms with Crippen molar-refractivity contribution in [2.45, 2.75) is 50.3 Å². The Kier molecular flexibility index (Phi) is 2.84. The lowest BCUT2D eigenvalue weighted by Crippen LogP contribution is -2.58. The van der Waals surface area contributed by atoms with Crippen molar-refractivity contribution in [3.8, 4) is 0 Å². The molecule has 20 heavy (non-hydrogen) atoms. The summed E-state index contributed by atoms with van der Waals surface area (Å²) >= 11 is 0. The topological polar surface area (TPSA) is 29.5 Å². The van der Waals surface area contributed by atoms with Crippen LogP contribution < -0.4 is 0 Å². The minimum Gasteiger partial charge on any atom is -0.353 e. The average molecular weight is 271 g/mol. The first kappa shape index (κ1) is 12.4. The van der Waals surface area contributed by atoms with E-state index in [0.717, 1.165) is 12.8 Å². The van der Waals surface area contributed by atoms with Gasteiger partial charge in [-0.05, 0) is 31.2 Å². The van der Waals surface area contributed by atoms with Gasteiger partial charge in [-0.25, -0.2) is 0 Å². The van der Waals surface area contributed by atoms with Crippen molar-refractivity contribution in [1.29, 1.82) is 0 Å². The number of nitrogens with zero attached hydrogens (tertiary/aromatic N) is 1. The zero-order valence-corrected chi connectivity index (χ0v) is 11.8. The van der Waals surface area contributed by atoms with Crippen LogP contribution in [0.1, 0.15) is 50.1 Å². The van der Waals surface area contributed by atoms with Gasteiger partial charge in [-0.15, -0.1) is 0 Å². The number of carbonyl (C=O) groups is 1. The molecular formula is C17H21NO2. The molecule has 0 aromatic heterocycles. The quantitative estimate of drug-likeness (QED) is 0.784. The number of carbonyl (C=O) groups excluding carboxylic acids is 1. The number of hydrogen-bond donors (Lipinski definition) is 0. The molecule has 3 atom stereocenters. The fraction of sp³-hybridized carbons (Fsp3) is 0.588. The second-order valence-corrected chi connectivity index (χ2v) is 6.33. The van der Waals surface area contributed by atoms with E-state index >= 15 is 0 Å². The van der Waals surface area contributed by atoms with Crippen molar-refractivity contribution in [1.82, 2.24) is 4.90 Å². The molecule has 0 unspecified atom stereocenters. The molecule has 3 fully saturated rings. The van der Waals surface area contributed by atoms with Gasteiger partial charge in [0.25, 0.3) is 0 Å². The summed E-state index contributed by atoms with van der Waals surface area (Å²) < 4.78 is 6.29. The summed E-state index contributed by atoms with van der Waals surface area (Å²) in [6.45, 7) is 0.659. The molecule has 0 bridgehead atoms. The number of benzene rings is 1. The van der Waals surface area contributed by atoms with Crippen LogP contribution in [0.25, 0.3) is 0 Å². The van der Waals surface area contributed by atoms with Crippen molar-refractivity contribution in [3.05, 3.63) is 35.9 Å². The molecule has 106 valence electrons. The van der Waals surface area contributed by atoms with Gasteiger partial charge in [-0.2, -0.15) is 0 Å². The largest absolute Gasteiger partial charge is 0.353 e. The lowest BCUT2D eigenvalue weighted by Gasteiger charge is -2.50. The minimum atomic E-state index is -0.284. The van der Waals surface area contributed by atoms with Gasteiger partial charge in [0.15, 0.2) is 0 Å². The van der Waals surface area contributed by atoms with Gasteiger partial charge in [0.1, 0.15) is 5.72 Å². The number of ether oxygens (including phenoxy) is 1. The fourth-order valence-electron chi connectivity index (χ4n) is 4.43. The third kappa shape index (κ3) is 1.65. The summed E-state index contributed by atoms with van der Waals surface area (Å²) in [4.78, 5) is 14.7. The van der Waals surface area contributed by atoms with Crippen LogP contribution in [0, 0.1) is 5.92 Å². The first-order valence-electron chi connectivity index (χ1n) is 7.82. The summed E-state index contributed by atoms with van der Waals surface area (Å²) in [5.74, 6) is 0.831. The predicted molar refractivity (Wildman–Crippen MR) is 75.9 cm³/mol. The van der Waals surface area contributed by atoms with Gasteiger partial charge in [0, 0.05) is 12.3 Å². The zero-order chi connectivity index (χ0) is 13.6. The molecule has 2 saturated heterocycles. The van der Waals surface area contributed by atoms with Crippen LogP contribution in [0.2, 0.25) is 0 Å². The Balaban J connectivity index is 1.73. The van der Waals surface area contributed by atoms with Gasteiger partial charge in [-0.1, -0.05) is 36.8 Å². The van der Waals surface area contributed by atoms with E-state index < -0.39 is 0 Å². The second-order valence-electron chi connectivity index (χ2n) is 6.33. The molecule has 4 rings (SSSR count). The van der Waals surface area contributed by atoms with Crippen LogP contribution in [0.4, 0.5) is 0 Å². The highest BCUT2D eigenvalue weighted by atomic mass is 16.5.